The molecule has 5 nitrogen and oxygen atoms in total. The lowest BCUT2D eigenvalue weighted by molar-refractivity contribution is -0.119. The van der Waals surface area contributed by atoms with Crippen molar-refractivity contribution in [2.75, 3.05) is 0 Å². The summed E-state index contributed by atoms with van der Waals surface area (Å²) >= 11 is 0. The number of aromatic hydroxyl groups is 1. The molecule has 2 aromatic heterocycles. The van der Waals surface area contributed by atoms with E-state index in [1.807, 2.05) is 13.0 Å². The SMILES string of the molecule is CC(=O)NCc1c(O)cc(C)n2nccc12. The highest BCUT2D eigenvalue weighted by molar-refractivity contribution is 5.73. The highest BCUT2D eigenvalue weighted by Crippen LogP contribution is 2.23. The number of carbonyl (C=O) groups excluding carboxylic acids is 1. The van der Waals surface area contributed by atoms with Crippen molar-refractivity contribution in [1.82, 2.24) is 14.9 Å². The van der Waals surface area contributed by atoms with Gasteiger partial charge >= 0.3 is 0 Å². The minimum absolute atomic E-state index is 0.127. The lowest BCUT2D eigenvalue weighted by Gasteiger charge is -2.09. The molecule has 2 rings (SSSR count). The van der Waals surface area contributed by atoms with Gasteiger partial charge in [-0.2, -0.15) is 5.10 Å². The van der Waals surface area contributed by atoms with Crippen LogP contribution in [0.15, 0.2) is 18.3 Å². The van der Waals surface area contributed by atoms with Crippen molar-refractivity contribution in [3.63, 3.8) is 0 Å². The van der Waals surface area contributed by atoms with Gasteiger partial charge in [0.1, 0.15) is 5.75 Å². The molecule has 0 radical (unpaired) electrons. The topological polar surface area (TPSA) is 66.6 Å². The molecule has 0 aliphatic carbocycles. The summed E-state index contributed by atoms with van der Waals surface area (Å²) in [6.45, 7) is 3.61. The van der Waals surface area contributed by atoms with Crippen LogP contribution in [0.3, 0.4) is 0 Å². The molecular weight excluding hydrogens is 206 g/mol. The molecule has 0 saturated carbocycles. The molecule has 2 heterocycles. The van der Waals surface area contributed by atoms with E-state index in [1.165, 1.54) is 6.92 Å². The lowest BCUT2D eigenvalue weighted by atomic mass is 10.2. The summed E-state index contributed by atoms with van der Waals surface area (Å²) in [5, 5.41) is 16.6. The second-order valence-corrected chi connectivity index (χ2v) is 3.69. The Morgan fingerprint density at radius 2 is 2.38 bits per heavy atom. The Bertz CT molecular complexity index is 545. The molecule has 5 heteroatoms. The van der Waals surface area contributed by atoms with Gasteiger partial charge in [-0.15, -0.1) is 0 Å². The number of nitrogens with zero attached hydrogens (tertiary/aromatic N) is 2. The van der Waals surface area contributed by atoms with E-state index in [4.69, 9.17) is 0 Å². The van der Waals surface area contributed by atoms with Crippen molar-refractivity contribution in [2.24, 2.45) is 0 Å². The first kappa shape index (κ1) is 10.5. The van der Waals surface area contributed by atoms with E-state index in [9.17, 15) is 9.90 Å². The summed E-state index contributed by atoms with van der Waals surface area (Å²) < 4.78 is 1.73. The minimum Gasteiger partial charge on any atom is -0.507 e. The van der Waals surface area contributed by atoms with Crippen LogP contribution in [0.2, 0.25) is 0 Å². The van der Waals surface area contributed by atoms with Crippen LogP contribution in [0, 0.1) is 6.92 Å². The molecule has 1 amide bonds. The van der Waals surface area contributed by atoms with Crippen molar-refractivity contribution in [3.05, 3.63) is 29.6 Å². The number of aromatic nitrogens is 2. The second-order valence-electron chi connectivity index (χ2n) is 3.69. The zero-order valence-electron chi connectivity index (χ0n) is 9.19. The van der Waals surface area contributed by atoms with Gasteiger partial charge in [0.15, 0.2) is 0 Å². The van der Waals surface area contributed by atoms with Crippen molar-refractivity contribution >= 4 is 11.4 Å². The number of fused-ring (bicyclic) bond motifs is 1. The summed E-state index contributed by atoms with van der Waals surface area (Å²) in [5.41, 5.74) is 2.34. The predicted molar refractivity (Wildman–Crippen MR) is 59.1 cm³/mol. The van der Waals surface area contributed by atoms with E-state index in [2.05, 4.69) is 10.4 Å². The number of hydrogen-bond acceptors (Lipinski definition) is 3. The maximum atomic E-state index is 10.9. The van der Waals surface area contributed by atoms with Gasteiger partial charge in [0.25, 0.3) is 0 Å². The normalized spacial score (nSPS) is 10.6. The summed E-state index contributed by atoms with van der Waals surface area (Å²) in [7, 11) is 0. The smallest absolute Gasteiger partial charge is 0.217 e. The van der Waals surface area contributed by atoms with Crippen LogP contribution in [0.1, 0.15) is 18.2 Å². The van der Waals surface area contributed by atoms with Gasteiger partial charge in [-0.05, 0) is 13.0 Å². The van der Waals surface area contributed by atoms with Crippen LogP contribution < -0.4 is 5.32 Å². The van der Waals surface area contributed by atoms with E-state index < -0.39 is 0 Å². The van der Waals surface area contributed by atoms with E-state index in [1.54, 1.807) is 16.8 Å². The Kier molecular flexibility index (Phi) is 2.52. The Labute approximate surface area is 92.7 Å². The third kappa shape index (κ3) is 1.71. The van der Waals surface area contributed by atoms with Crippen LogP contribution in [-0.2, 0) is 11.3 Å². The number of aryl methyl sites for hydroxylation is 1. The molecule has 2 N–H and O–H groups in total. The third-order valence-corrected chi connectivity index (χ3v) is 2.45. The Balaban J connectivity index is 2.50. The minimum atomic E-state index is -0.127. The van der Waals surface area contributed by atoms with Crippen molar-refractivity contribution in [2.45, 2.75) is 20.4 Å². The van der Waals surface area contributed by atoms with Gasteiger partial charge in [0, 0.05) is 30.8 Å². The molecule has 0 aliphatic heterocycles. The zero-order chi connectivity index (χ0) is 11.7. The molecular formula is C11H13N3O2. The largest absolute Gasteiger partial charge is 0.507 e. The van der Waals surface area contributed by atoms with Crippen LogP contribution in [0.5, 0.6) is 5.75 Å². The van der Waals surface area contributed by atoms with E-state index in [0.29, 0.717) is 12.1 Å². The molecule has 2 aromatic rings. The number of amides is 1. The molecule has 0 atom stereocenters. The number of nitrogens with one attached hydrogen (secondary N) is 1. The Morgan fingerprint density at radius 3 is 3.06 bits per heavy atom. The highest BCUT2D eigenvalue weighted by Gasteiger charge is 2.10. The van der Waals surface area contributed by atoms with E-state index >= 15 is 0 Å². The molecule has 0 spiro atoms. The fraction of sp³-hybridized carbons (Fsp3) is 0.273. The van der Waals surface area contributed by atoms with Crippen LogP contribution >= 0.6 is 0 Å². The van der Waals surface area contributed by atoms with Crippen molar-refractivity contribution < 1.29 is 9.90 Å². The average molecular weight is 219 g/mol. The molecule has 0 fully saturated rings. The van der Waals surface area contributed by atoms with Crippen LogP contribution in [0.25, 0.3) is 5.52 Å². The number of carbonyl (C=O) groups is 1. The zero-order valence-corrected chi connectivity index (χ0v) is 9.19. The summed E-state index contributed by atoms with van der Waals surface area (Å²) in [6, 6.07) is 3.45. The predicted octanol–water partition coefficient (Wildman–Crippen LogP) is 0.984. The maximum absolute atomic E-state index is 10.9. The Morgan fingerprint density at radius 1 is 1.62 bits per heavy atom. The number of rotatable bonds is 2. The van der Waals surface area contributed by atoms with Gasteiger partial charge in [0.05, 0.1) is 11.7 Å². The quantitative estimate of drug-likeness (QED) is 0.791. The summed E-state index contributed by atoms with van der Waals surface area (Å²) in [5.74, 6) is 0.0527. The van der Waals surface area contributed by atoms with Gasteiger partial charge in [-0.3, -0.25) is 4.79 Å². The van der Waals surface area contributed by atoms with Crippen LogP contribution in [0.4, 0.5) is 0 Å². The average Bonchev–Trinajstić information content (AvgIpc) is 2.65. The lowest BCUT2D eigenvalue weighted by Crippen LogP contribution is -2.19. The second kappa shape index (κ2) is 3.84. The van der Waals surface area contributed by atoms with Gasteiger partial charge < -0.3 is 10.4 Å². The highest BCUT2D eigenvalue weighted by atomic mass is 16.3. The fourth-order valence-corrected chi connectivity index (χ4v) is 1.68. The molecule has 0 aromatic carbocycles. The van der Waals surface area contributed by atoms with Gasteiger partial charge in [-0.25, -0.2) is 4.52 Å². The van der Waals surface area contributed by atoms with E-state index in [-0.39, 0.29) is 11.7 Å². The summed E-state index contributed by atoms with van der Waals surface area (Å²) in [6.07, 6.45) is 1.67. The maximum Gasteiger partial charge on any atom is 0.217 e. The van der Waals surface area contributed by atoms with E-state index in [0.717, 1.165) is 11.2 Å². The van der Waals surface area contributed by atoms with Crippen LogP contribution in [-0.4, -0.2) is 20.6 Å². The monoisotopic (exact) mass is 219 g/mol. The number of pyridine rings is 1. The first-order valence-corrected chi connectivity index (χ1v) is 4.99. The third-order valence-electron chi connectivity index (χ3n) is 2.45. The van der Waals surface area contributed by atoms with Crippen molar-refractivity contribution in [1.29, 1.82) is 0 Å². The van der Waals surface area contributed by atoms with Crippen molar-refractivity contribution in [3.8, 4) is 5.75 Å². The molecule has 0 aliphatic rings. The molecule has 0 unspecified atom stereocenters. The van der Waals surface area contributed by atoms with Gasteiger partial charge in [-0.1, -0.05) is 0 Å². The first-order chi connectivity index (χ1) is 7.59. The fourth-order valence-electron chi connectivity index (χ4n) is 1.68. The molecule has 16 heavy (non-hydrogen) atoms. The molecule has 84 valence electrons. The molecule has 0 bridgehead atoms. The molecule has 0 saturated heterocycles. The van der Waals surface area contributed by atoms with Gasteiger partial charge in [0.2, 0.25) is 5.91 Å². The first-order valence-electron chi connectivity index (χ1n) is 4.99. The standard InChI is InChI=1S/C11H13N3O2/c1-7-5-11(16)9(6-12-8(2)15)10-3-4-13-14(7)10/h3-5,16H,6H2,1-2H3,(H,12,15). The Hall–Kier alpha value is -2.04. The number of hydrogen-bond donors (Lipinski definition) is 2. The summed E-state index contributed by atoms with van der Waals surface area (Å²) in [4.78, 5) is 10.9.